The summed E-state index contributed by atoms with van der Waals surface area (Å²) < 4.78 is 25.8. The molecule has 0 aliphatic carbocycles. The highest BCUT2D eigenvalue weighted by Gasteiger charge is 2.17. The number of halogens is 1. The van der Waals surface area contributed by atoms with Gasteiger partial charge in [0.2, 0.25) is 10.0 Å². The minimum absolute atomic E-state index is 0.0121. The van der Waals surface area contributed by atoms with Gasteiger partial charge in [0, 0.05) is 11.9 Å². The van der Waals surface area contributed by atoms with Crippen LogP contribution in [0.25, 0.3) is 0 Å². The number of hydrogen-bond acceptors (Lipinski definition) is 3. The van der Waals surface area contributed by atoms with Gasteiger partial charge >= 0.3 is 0 Å². The van der Waals surface area contributed by atoms with Crippen LogP contribution in [0.1, 0.15) is 12.0 Å². The highest BCUT2D eigenvalue weighted by Crippen LogP contribution is 2.04. The molecule has 1 atom stereocenters. The van der Waals surface area contributed by atoms with E-state index in [4.69, 9.17) is 11.6 Å². The van der Waals surface area contributed by atoms with Crippen LogP contribution in [0.2, 0.25) is 0 Å². The second-order valence-corrected chi connectivity index (χ2v) is 6.30. The van der Waals surface area contributed by atoms with Crippen molar-refractivity contribution in [3.8, 4) is 0 Å². The molecule has 2 N–H and O–H groups in total. The largest absolute Gasteiger partial charge is 0.395 e. The molecule has 18 heavy (non-hydrogen) atoms. The van der Waals surface area contributed by atoms with E-state index < -0.39 is 16.1 Å². The Balaban J connectivity index is 2.57. The molecule has 0 fully saturated rings. The number of alkyl halides is 1. The summed E-state index contributed by atoms with van der Waals surface area (Å²) in [5.74, 6) is 0.297. The Labute approximate surface area is 113 Å². The van der Waals surface area contributed by atoms with Crippen molar-refractivity contribution in [2.75, 3.05) is 18.2 Å². The molecule has 1 rings (SSSR count). The molecule has 102 valence electrons. The first kappa shape index (κ1) is 15.4. The van der Waals surface area contributed by atoms with Crippen molar-refractivity contribution in [2.45, 2.75) is 18.9 Å². The van der Waals surface area contributed by atoms with Crippen molar-refractivity contribution >= 4 is 21.6 Å². The molecule has 0 aliphatic rings. The van der Waals surface area contributed by atoms with Gasteiger partial charge in [0.25, 0.3) is 0 Å². The van der Waals surface area contributed by atoms with E-state index in [-0.39, 0.29) is 12.4 Å². The summed E-state index contributed by atoms with van der Waals surface area (Å²) >= 11 is 5.47. The average Bonchev–Trinajstić information content (AvgIpc) is 2.36. The smallest absolute Gasteiger partial charge is 0.211 e. The van der Waals surface area contributed by atoms with Crippen LogP contribution in [0.15, 0.2) is 30.3 Å². The van der Waals surface area contributed by atoms with Crippen LogP contribution in [-0.4, -0.2) is 37.8 Å². The highest BCUT2D eigenvalue weighted by atomic mass is 35.5. The van der Waals surface area contributed by atoms with Gasteiger partial charge in [-0.3, -0.25) is 0 Å². The summed E-state index contributed by atoms with van der Waals surface area (Å²) in [6.07, 6.45) is 0.873. The standard InChI is InChI=1S/C12H18ClNO3S/c13-7-4-8-18(16,17)14-12(10-15)9-11-5-2-1-3-6-11/h1-3,5-6,12,14-15H,4,7-10H2/t12-/m1/s1. The fraction of sp³-hybridized carbons (Fsp3) is 0.500. The fourth-order valence-corrected chi connectivity index (χ4v) is 3.20. The van der Waals surface area contributed by atoms with Gasteiger partial charge in [-0.25, -0.2) is 13.1 Å². The quantitative estimate of drug-likeness (QED) is 0.706. The monoisotopic (exact) mass is 291 g/mol. The molecule has 1 aromatic rings. The van der Waals surface area contributed by atoms with Crippen LogP contribution in [0, 0.1) is 0 Å². The van der Waals surface area contributed by atoms with E-state index in [1.54, 1.807) is 0 Å². The van der Waals surface area contributed by atoms with Crippen molar-refractivity contribution in [1.29, 1.82) is 0 Å². The third-order valence-electron chi connectivity index (χ3n) is 2.44. The first-order valence-corrected chi connectivity index (χ1v) is 7.97. The van der Waals surface area contributed by atoms with Crippen molar-refractivity contribution < 1.29 is 13.5 Å². The summed E-state index contributed by atoms with van der Waals surface area (Å²) in [4.78, 5) is 0. The third-order valence-corrected chi connectivity index (χ3v) is 4.22. The number of aliphatic hydroxyl groups is 1. The van der Waals surface area contributed by atoms with Gasteiger partial charge in [0.05, 0.1) is 12.4 Å². The van der Waals surface area contributed by atoms with Gasteiger partial charge in [0.15, 0.2) is 0 Å². The van der Waals surface area contributed by atoms with Gasteiger partial charge in [-0.1, -0.05) is 30.3 Å². The van der Waals surface area contributed by atoms with Crippen molar-refractivity contribution in [1.82, 2.24) is 4.72 Å². The molecule has 6 heteroatoms. The van der Waals surface area contributed by atoms with Gasteiger partial charge < -0.3 is 5.11 Å². The zero-order valence-electron chi connectivity index (χ0n) is 10.0. The second-order valence-electron chi connectivity index (χ2n) is 4.05. The molecule has 0 unspecified atom stereocenters. The summed E-state index contributed by atoms with van der Waals surface area (Å²) in [7, 11) is -3.37. The van der Waals surface area contributed by atoms with E-state index in [9.17, 15) is 13.5 Å². The number of hydrogen-bond donors (Lipinski definition) is 2. The van der Waals surface area contributed by atoms with Crippen LogP contribution in [0.4, 0.5) is 0 Å². The van der Waals surface area contributed by atoms with E-state index in [0.29, 0.717) is 18.7 Å². The van der Waals surface area contributed by atoms with E-state index in [1.165, 1.54) is 0 Å². The molecule has 0 saturated carbocycles. The van der Waals surface area contributed by atoms with Crippen LogP contribution in [-0.2, 0) is 16.4 Å². The second kappa shape index (κ2) is 7.74. The number of nitrogens with one attached hydrogen (secondary N) is 1. The molecular formula is C12H18ClNO3S. The maximum Gasteiger partial charge on any atom is 0.211 e. The van der Waals surface area contributed by atoms with E-state index in [0.717, 1.165) is 5.56 Å². The van der Waals surface area contributed by atoms with Crippen LogP contribution < -0.4 is 4.72 Å². The Bertz CT molecular complexity index is 436. The molecule has 0 aliphatic heterocycles. The van der Waals surface area contributed by atoms with E-state index >= 15 is 0 Å². The summed E-state index contributed by atoms with van der Waals surface area (Å²) in [5, 5.41) is 9.22. The SMILES string of the molecule is O=S(=O)(CCCCl)N[C@@H](CO)Cc1ccccc1. The normalized spacial score (nSPS) is 13.4. The topological polar surface area (TPSA) is 66.4 Å². The van der Waals surface area contributed by atoms with Gasteiger partial charge in [-0.2, -0.15) is 0 Å². The maximum absolute atomic E-state index is 11.7. The molecule has 0 radical (unpaired) electrons. The van der Waals surface area contributed by atoms with Gasteiger partial charge in [-0.15, -0.1) is 11.6 Å². The lowest BCUT2D eigenvalue weighted by Gasteiger charge is -2.16. The predicted octanol–water partition coefficient (Wildman–Crippen LogP) is 1.14. The van der Waals surface area contributed by atoms with Crippen LogP contribution >= 0.6 is 11.6 Å². The fourth-order valence-electron chi connectivity index (χ4n) is 1.60. The van der Waals surface area contributed by atoms with E-state index in [2.05, 4.69) is 4.72 Å². The lowest BCUT2D eigenvalue weighted by molar-refractivity contribution is 0.256. The number of aliphatic hydroxyl groups excluding tert-OH is 1. The predicted molar refractivity (Wildman–Crippen MR) is 73.3 cm³/mol. The average molecular weight is 292 g/mol. The molecular weight excluding hydrogens is 274 g/mol. The number of sulfonamides is 1. The Morgan fingerprint density at radius 1 is 1.28 bits per heavy atom. The summed E-state index contributed by atoms with van der Waals surface area (Å²) in [5.41, 5.74) is 0.983. The molecule has 0 aromatic heterocycles. The lowest BCUT2D eigenvalue weighted by atomic mass is 10.1. The van der Waals surface area contributed by atoms with Crippen LogP contribution in [0.3, 0.4) is 0 Å². The Morgan fingerprint density at radius 2 is 1.94 bits per heavy atom. The molecule has 1 aromatic carbocycles. The minimum Gasteiger partial charge on any atom is -0.395 e. The van der Waals surface area contributed by atoms with Crippen molar-refractivity contribution in [2.24, 2.45) is 0 Å². The highest BCUT2D eigenvalue weighted by molar-refractivity contribution is 7.89. The van der Waals surface area contributed by atoms with Gasteiger partial charge in [0.1, 0.15) is 0 Å². The molecule has 4 nitrogen and oxygen atoms in total. The Morgan fingerprint density at radius 3 is 2.50 bits per heavy atom. The van der Waals surface area contributed by atoms with Crippen molar-refractivity contribution in [3.05, 3.63) is 35.9 Å². The maximum atomic E-state index is 11.7. The summed E-state index contributed by atoms with van der Waals surface area (Å²) in [6, 6.07) is 8.96. The molecule has 0 heterocycles. The third kappa shape index (κ3) is 5.82. The lowest BCUT2D eigenvalue weighted by Crippen LogP contribution is -2.40. The van der Waals surface area contributed by atoms with E-state index in [1.807, 2.05) is 30.3 Å². The minimum atomic E-state index is -3.37. The first-order chi connectivity index (χ1) is 8.57. The van der Waals surface area contributed by atoms with Gasteiger partial charge in [-0.05, 0) is 18.4 Å². The first-order valence-electron chi connectivity index (χ1n) is 5.78. The van der Waals surface area contributed by atoms with Crippen LogP contribution in [0.5, 0.6) is 0 Å². The summed E-state index contributed by atoms with van der Waals surface area (Å²) in [6.45, 7) is -0.227. The number of benzene rings is 1. The van der Waals surface area contributed by atoms with Crippen molar-refractivity contribution in [3.63, 3.8) is 0 Å². The number of rotatable bonds is 8. The molecule has 0 spiro atoms. The zero-order chi connectivity index (χ0) is 13.4. The Kier molecular flexibility index (Phi) is 6.63. The zero-order valence-corrected chi connectivity index (χ0v) is 11.6. The molecule has 0 saturated heterocycles. The Hall–Kier alpha value is -0.620. The molecule has 0 bridgehead atoms. The molecule has 0 amide bonds.